The first kappa shape index (κ1) is 43.7. The van der Waals surface area contributed by atoms with E-state index in [1.165, 1.54) is 39.1 Å². The van der Waals surface area contributed by atoms with Crippen molar-refractivity contribution in [3.8, 4) is 11.1 Å². The van der Waals surface area contributed by atoms with Crippen LogP contribution >= 0.6 is 0 Å². The molecule has 0 spiro atoms. The van der Waals surface area contributed by atoms with E-state index in [0.29, 0.717) is 36.3 Å². The molecule has 5 heterocycles. The Labute approximate surface area is 342 Å². The van der Waals surface area contributed by atoms with Gasteiger partial charge in [0.05, 0.1) is 56.7 Å². The van der Waals surface area contributed by atoms with E-state index in [9.17, 15) is 19.2 Å². The van der Waals surface area contributed by atoms with Crippen molar-refractivity contribution >= 4 is 51.5 Å². The zero-order valence-electron chi connectivity index (χ0n) is 34.1. The lowest BCUT2D eigenvalue weighted by atomic mass is 9.57. The van der Waals surface area contributed by atoms with Gasteiger partial charge in [-0.2, -0.15) is 5.10 Å². The molecule has 18 heteroatoms. The standard InChI is InChI=1S/C33H36B2N10O4.C5H11N.C2H6O/c1-17-29-23(12-39-45(29)21-13-44(14-21)33(34,35)26-6-4-5-20(16-47)40-26)22-9-18(15-46)10-25(30(22)43(17)3)41-24(28(37)32(49)38-2)11-27(36)42-31(48)19-7-8-19;1-6-4-2-3-5-6;1-3-2/h4-6,9-12,15-17,19,21,41H,7-8,13-14,36-37H2,1-3H3,(H,38,49)(H,42,48);2-5H2,1H3;1-2H3/b27-11+,28-24+;;. The molecule has 1 unspecified atom stereocenters. The number of allylic oxidation sites excluding steroid dienone is 1. The lowest BCUT2D eigenvalue weighted by Crippen LogP contribution is -2.60. The second kappa shape index (κ2) is 18.9. The number of likely N-dealkylation sites (N-methyl/N-ethyl adjacent to an activating group) is 1. The van der Waals surface area contributed by atoms with Gasteiger partial charge >= 0.3 is 0 Å². The summed E-state index contributed by atoms with van der Waals surface area (Å²) in [6, 6.07) is 8.17. The Bertz CT molecular complexity index is 2050. The fraction of sp³-hybridized carbons (Fsp3) is 0.450. The minimum Gasteiger partial charge on any atom is -0.393 e. The summed E-state index contributed by atoms with van der Waals surface area (Å²) >= 11 is 0. The van der Waals surface area contributed by atoms with E-state index in [2.05, 4.69) is 37.6 Å². The molecule has 1 saturated carbocycles. The summed E-state index contributed by atoms with van der Waals surface area (Å²) in [6.45, 7) is 5.65. The monoisotopic (exact) mass is 789 g/mol. The molecule has 58 heavy (non-hydrogen) atoms. The van der Waals surface area contributed by atoms with Gasteiger partial charge in [0.15, 0.2) is 6.29 Å². The molecule has 2 saturated heterocycles. The number of hydrogen-bond acceptors (Lipinski definition) is 13. The van der Waals surface area contributed by atoms with Crippen molar-refractivity contribution in [3.05, 3.63) is 82.5 Å². The van der Waals surface area contributed by atoms with Crippen LogP contribution in [0.25, 0.3) is 11.1 Å². The maximum Gasteiger partial charge on any atom is 0.269 e. The Morgan fingerprint density at radius 1 is 1.02 bits per heavy atom. The zero-order valence-corrected chi connectivity index (χ0v) is 34.1. The largest absolute Gasteiger partial charge is 0.393 e. The van der Waals surface area contributed by atoms with E-state index in [4.69, 9.17) is 32.3 Å². The number of fused-ring (bicyclic) bond motifs is 3. The molecule has 0 bridgehead atoms. The zero-order chi connectivity index (χ0) is 42.3. The van der Waals surface area contributed by atoms with Gasteiger partial charge in [0.2, 0.25) is 5.91 Å². The number of nitrogens with one attached hydrogen (secondary N) is 3. The van der Waals surface area contributed by atoms with Crippen LogP contribution < -0.4 is 32.3 Å². The summed E-state index contributed by atoms with van der Waals surface area (Å²) in [4.78, 5) is 59.0. The first-order valence-electron chi connectivity index (χ1n) is 19.2. The van der Waals surface area contributed by atoms with Crippen LogP contribution in [0.2, 0.25) is 0 Å². The third-order valence-electron chi connectivity index (χ3n) is 10.6. The van der Waals surface area contributed by atoms with Crippen LogP contribution in [0.5, 0.6) is 0 Å². The van der Waals surface area contributed by atoms with E-state index in [-0.39, 0.29) is 46.8 Å². The maximum atomic E-state index is 12.6. The Kier molecular flexibility index (Phi) is 14.2. The van der Waals surface area contributed by atoms with Crippen molar-refractivity contribution in [2.75, 3.05) is 71.8 Å². The molecular weight excluding hydrogens is 736 g/mol. The lowest BCUT2D eigenvalue weighted by molar-refractivity contribution is -0.121. The smallest absolute Gasteiger partial charge is 0.269 e. The SMILES string of the molecule is CN1CCCC1.COC.[B]C([B])(c1cccc(C=O)n1)N1CC(n2ncc3c2C(C)N(C)c2c(NC(/C=C(\N)NC(=O)C4CC4)=C(/N)C(=O)NC)cc(C=O)cc2-3)C1. The number of amides is 2. The quantitative estimate of drug-likeness (QED) is 0.0814. The molecule has 1 atom stereocenters. The minimum absolute atomic E-state index is 0.0118. The van der Waals surface area contributed by atoms with E-state index < -0.39 is 11.2 Å². The molecule has 3 aliphatic heterocycles. The summed E-state index contributed by atoms with van der Waals surface area (Å²) in [5, 5.41) is 11.8. The van der Waals surface area contributed by atoms with E-state index in [0.717, 1.165) is 41.6 Å². The van der Waals surface area contributed by atoms with Crippen LogP contribution in [0, 0.1) is 5.92 Å². The summed E-state index contributed by atoms with van der Waals surface area (Å²) in [7, 11) is 21.8. The van der Waals surface area contributed by atoms with Crippen molar-refractivity contribution in [1.82, 2.24) is 35.2 Å². The van der Waals surface area contributed by atoms with Crippen LogP contribution in [-0.4, -0.2) is 126 Å². The number of carbonyl (C=O) groups is 4. The number of benzene rings is 1. The molecule has 7 rings (SSSR count). The number of likely N-dealkylation sites (tertiary alicyclic amines) is 2. The van der Waals surface area contributed by atoms with Crippen molar-refractivity contribution in [2.45, 2.75) is 50.0 Å². The molecule has 2 amide bonds. The van der Waals surface area contributed by atoms with Gasteiger partial charge in [0.25, 0.3) is 5.91 Å². The van der Waals surface area contributed by atoms with Crippen LogP contribution in [0.15, 0.2) is 59.8 Å². The summed E-state index contributed by atoms with van der Waals surface area (Å²) < 4.78 is 6.21. The predicted octanol–water partition coefficient (Wildman–Crippen LogP) is 1.71. The van der Waals surface area contributed by atoms with Gasteiger partial charge in [-0.15, -0.1) is 0 Å². The first-order valence-corrected chi connectivity index (χ1v) is 19.2. The highest BCUT2D eigenvalue weighted by molar-refractivity contribution is 6.39. The van der Waals surface area contributed by atoms with Crippen LogP contribution in [0.3, 0.4) is 0 Å². The molecule has 1 aromatic carbocycles. The van der Waals surface area contributed by atoms with E-state index in [1.807, 2.05) is 28.5 Å². The van der Waals surface area contributed by atoms with Crippen molar-refractivity contribution in [3.63, 3.8) is 0 Å². The Hall–Kier alpha value is -5.45. The Balaban J connectivity index is 0.000000636. The number of hydrogen-bond donors (Lipinski definition) is 5. The van der Waals surface area contributed by atoms with E-state index >= 15 is 0 Å². The highest BCUT2D eigenvalue weighted by Crippen LogP contribution is 2.49. The molecule has 16 nitrogen and oxygen atoms in total. The first-order chi connectivity index (χ1) is 27.7. The van der Waals surface area contributed by atoms with Crippen LogP contribution in [0.4, 0.5) is 11.4 Å². The molecule has 4 aliphatic rings. The number of carbonyl (C=O) groups excluding carboxylic acids is 4. The summed E-state index contributed by atoms with van der Waals surface area (Å²) in [6.07, 6.45) is 8.96. The number of ether oxygens (including phenoxy) is 1. The average molecular weight is 790 g/mol. The predicted molar refractivity (Wildman–Crippen MR) is 225 cm³/mol. The minimum atomic E-state index is -1.39. The normalized spacial score (nSPS) is 18.5. The molecular formula is C40H53B2N11O5. The third kappa shape index (κ3) is 9.63. The van der Waals surface area contributed by atoms with Gasteiger partial charge in [-0.3, -0.25) is 23.9 Å². The highest BCUT2D eigenvalue weighted by Gasteiger charge is 2.42. The second-order valence-corrected chi connectivity index (χ2v) is 15.0. The molecule has 1 aliphatic carbocycles. The number of aromatic nitrogens is 3. The Morgan fingerprint density at radius 2 is 1.69 bits per heavy atom. The van der Waals surface area contributed by atoms with Crippen molar-refractivity contribution < 1.29 is 23.9 Å². The van der Waals surface area contributed by atoms with Gasteiger partial charge in [0, 0.05) is 75.8 Å². The van der Waals surface area contributed by atoms with Crippen LogP contribution in [0.1, 0.15) is 76.9 Å². The van der Waals surface area contributed by atoms with Gasteiger partial charge in [-0.1, -0.05) is 6.07 Å². The highest BCUT2D eigenvalue weighted by atomic mass is 16.4. The average Bonchev–Trinajstić information content (AvgIpc) is 3.79. The van der Waals surface area contributed by atoms with E-state index in [1.54, 1.807) is 50.7 Å². The van der Waals surface area contributed by atoms with Gasteiger partial charge < -0.3 is 46.9 Å². The number of methoxy groups -OCH3 is 1. The van der Waals surface area contributed by atoms with Crippen LogP contribution in [-0.2, 0) is 19.7 Å². The lowest BCUT2D eigenvalue weighted by Gasteiger charge is -2.50. The molecule has 3 aromatic rings. The fourth-order valence-corrected chi connectivity index (χ4v) is 7.12. The number of nitrogens with zero attached hydrogens (tertiary/aromatic N) is 6. The van der Waals surface area contributed by atoms with Gasteiger partial charge in [-0.05, 0) is 82.3 Å². The van der Waals surface area contributed by atoms with Crippen molar-refractivity contribution in [1.29, 1.82) is 0 Å². The maximum absolute atomic E-state index is 12.6. The second-order valence-electron chi connectivity index (χ2n) is 15.0. The number of aldehydes is 2. The van der Waals surface area contributed by atoms with Gasteiger partial charge in [0.1, 0.15) is 23.5 Å². The Morgan fingerprint density at radius 3 is 2.26 bits per heavy atom. The molecule has 4 radical (unpaired) electrons. The van der Waals surface area contributed by atoms with Gasteiger partial charge in [-0.25, -0.2) is 4.98 Å². The number of anilines is 2. The van der Waals surface area contributed by atoms with Crippen molar-refractivity contribution in [2.24, 2.45) is 17.4 Å². The number of nitrogens with two attached hydrogens (primary N) is 2. The summed E-state index contributed by atoms with van der Waals surface area (Å²) in [5.41, 5.74) is 17.1. The molecule has 7 N–H and O–H groups in total. The molecule has 2 aromatic heterocycles. The molecule has 3 fully saturated rings. The third-order valence-corrected chi connectivity index (χ3v) is 10.6. The molecule has 304 valence electrons. The number of rotatable bonds is 11. The number of pyridine rings is 1. The topological polar surface area (TPSA) is 206 Å². The summed E-state index contributed by atoms with van der Waals surface area (Å²) in [5.74, 6) is -0.838. The fourth-order valence-electron chi connectivity index (χ4n) is 7.12.